The van der Waals surface area contributed by atoms with Gasteiger partial charge in [-0.1, -0.05) is 6.07 Å². The SMILES string of the molecule is Cn1ccc2cc(C(=O)N3CC4(CC(Oc5ccccn5)CCO4)C3)ccc21. The lowest BCUT2D eigenvalue weighted by Gasteiger charge is -2.52. The van der Waals surface area contributed by atoms with Crippen molar-refractivity contribution in [3.05, 3.63) is 60.4 Å². The Balaban J connectivity index is 1.24. The second kappa shape index (κ2) is 6.63. The highest BCUT2D eigenvalue weighted by Gasteiger charge is 2.50. The van der Waals surface area contributed by atoms with Gasteiger partial charge in [0.25, 0.3) is 5.91 Å². The molecule has 0 N–H and O–H groups in total. The van der Waals surface area contributed by atoms with Crippen LogP contribution in [0, 0.1) is 0 Å². The Kier molecular flexibility index (Phi) is 4.09. The maximum absolute atomic E-state index is 12.9. The summed E-state index contributed by atoms with van der Waals surface area (Å²) in [6.07, 6.45) is 5.44. The Morgan fingerprint density at radius 2 is 2.14 bits per heavy atom. The smallest absolute Gasteiger partial charge is 0.254 e. The predicted molar refractivity (Wildman–Crippen MR) is 105 cm³/mol. The summed E-state index contributed by atoms with van der Waals surface area (Å²) < 4.78 is 14.1. The van der Waals surface area contributed by atoms with Gasteiger partial charge in [-0.05, 0) is 30.3 Å². The van der Waals surface area contributed by atoms with E-state index in [1.807, 2.05) is 60.6 Å². The number of rotatable bonds is 3. The van der Waals surface area contributed by atoms with Crippen LogP contribution in [0.1, 0.15) is 23.2 Å². The molecule has 1 unspecified atom stereocenters. The van der Waals surface area contributed by atoms with Gasteiger partial charge in [0, 0.05) is 54.8 Å². The highest BCUT2D eigenvalue weighted by atomic mass is 16.5. The number of amides is 1. The zero-order valence-electron chi connectivity index (χ0n) is 15.9. The molecule has 28 heavy (non-hydrogen) atoms. The van der Waals surface area contributed by atoms with Crippen LogP contribution in [-0.2, 0) is 11.8 Å². The number of likely N-dealkylation sites (tertiary alicyclic amines) is 1. The van der Waals surface area contributed by atoms with E-state index in [4.69, 9.17) is 9.47 Å². The molecule has 1 atom stereocenters. The van der Waals surface area contributed by atoms with Gasteiger partial charge in [0.15, 0.2) is 0 Å². The number of aromatic nitrogens is 2. The van der Waals surface area contributed by atoms with Gasteiger partial charge in [0.05, 0.1) is 19.7 Å². The van der Waals surface area contributed by atoms with E-state index in [9.17, 15) is 4.79 Å². The maximum atomic E-state index is 12.9. The molecular formula is C22H23N3O3. The van der Waals surface area contributed by atoms with Crippen molar-refractivity contribution in [1.29, 1.82) is 0 Å². The maximum Gasteiger partial charge on any atom is 0.254 e. The van der Waals surface area contributed by atoms with E-state index in [2.05, 4.69) is 9.55 Å². The van der Waals surface area contributed by atoms with Crippen LogP contribution in [-0.4, -0.2) is 51.8 Å². The van der Waals surface area contributed by atoms with E-state index in [0.717, 1.165) is 29.3 Å². The van der Waals surface area contributed by atoms with Gasteiger partial charge < -0.3 is 18.9 Å². The molecule has 0 aliphatic carbocycles. The van der Waals surface area contributed by atoms with Gasteiger partial charge in [0.1, 0.15) is 11.7 Å². The molecule has 3 aromatic rings. The molecule has 0 bridgehead atoms. The van der Waals surface area contributed by atoms with Crippen LogP contribution in [0.4, 0.5) is 0 Å². The second-order valence-corrected chi connectivity index (χ2v) is 7.79. The number of ether oxygens (including phenoxy) is 2. The molecule has 2 aliphatic heterocycles. The van der Waals surface area contributed by atoms with Crippen LogP contribution in [0.5, 0.6) is 5.88 Å². The number of pyridine rings is 1. The van der Waals surface area contributed by atoms with Crippen molar-refractivity contribution in [1.82, 2.24) is 14.5 Å². The van der Waals surface area contributed by atoms with Crippen molar-refractivity contribution in [2.75, 3.05) is 19.7 Å². The Morgan fingerprint density at radius 1 is 1.25 bits per heavy atom. The minimum Gasteiger partial charge on any atom is -0.474 e. The summed E-state index contributed by atoms with van der Waals surface area (Å²) in [6.45, 7) is 1.87. The summed E-state index contributed by atoms with van der Waals surface area (Å²) in [4.78, 5) is 19.0. The minimum absolute atomic E-state index is 0.0627. The largest absolute Gasteiger partial charge is 0.474 e. The molecule has 1 amide bonds. The highest BCUT2D eigenvalue weighted by molar-refractivity contribution is 5.98. The average molecular weight is 377 g/mol. The van der Waals surface area contributed by atoms with Crippen molar-refractivity contribution in [2.24, 2.45) is 7.05 Å². The Bertz CT molecular complexity index is 1010. The van der Waals surface area contributed by atoms with Crippen LogP contribution < -0.4 is 4.74 Å². The monoisotopic (exact) mass is 377 g/mol. The number of benzene rings is 1. The first-order valence-corrected chi connectivity index (χ1v) is 9.68. The zero-order valence-corrected chi connectivity index (χ0v) is 15.9. The highest BCUT2D eigenvalue weighted by Crippen LogP contribution is 2.36. The molecule has 144 valence electrons. The van der Waals surface area contributed by atoms with E-state index in [-0.39, 0.29) is 17.6 Å². The van der Waals surface area contributed by atoms with Crippen molar-refractivity contribution in [2.45, 2.75) is 24.5 Å². The predicted octanol–water partition coefficient (Wildman–Crippen LogP) is 3.03. The molecule has 4 heterocycles. The molecule has 0 saturated carbocycles. The van der Waals surface area contributed by atoms with Crippen LogP contribution in [0.15, 0.2) is 54.9 Å². The molecule has 1 spiro atoms. The molecular weight excluding hydrogens is 354 g/mol. The van der Waals surface area contributed by atoms with E-state index in [1.165, 1.54) is 0 Å². The van der Waals surface area contributed by atoms with E-state index < -0.39 is 0 Å². The number of carbonyl (C=O) groups excluding carboxylic acids is 1. The molecule has 6 nitrogen and oxygen atoms in total. The summed E-state index contributed by atoms with van der Waals surface area (Å²) in [5.41, 5.74) is 1.57. The van der Waals surface area contributed by atoms with Gasteiger partial charge in [-0.3, -0.25) is 4.79 Å². The number of fused-ring (bicyclic) bond motifs is 1. The lowest BCUT2D eigenvalue weighted by molar-refractivity contribution is -0.174. The summed E-state index contributed by atoms with van der Waals surface area (Å²) in [7, 11) is 2.01. The summed E-state index contributed by atoms with van der Waals surface area (Å²) in [5, 5.41) is 1.08. The fourth-order valence-electron chi connectivity index (χ4n) is 4.28. The first-order valence-electron chi connectivity index (χ1n) is 9.68. The quantitative estimate of drug-likeness (QED) is 0.704. The normalized spacial score (nSPS) is 20.9. The third-order valence-electron chi connectivity index (χ3n) is 5.75. The van der Waals surface area contributed by atoms with Crippen LogP contribution >= 0.6 is 0 Å². The Labute approximate surface area is 163 Å². The van der Waals surface area contributed by atoms with E-state index in [1.54, 1.807) is 6.20 Å². The third kappa shape index (κ3) is 3.03. The fourth-order valence-corrected chi connectivity index (χ4v) is 4.28. The first-order chi connectivity index (χ1) is 13.6. The first kappa shape index (κ1) is 17.3. The summed E-state index contributed by atoms with van der Waals surface area (Å²) in [6, 6.07) is 13.6. The molecule has 2 aliphatic rings. The van der Waals surface area contributed by atoms with Gasteiger partial charge in [-0.25, -0.2) is 4.98 Å². The van der Waals surface area contributed by atoms with E-state index in [0.29, 0.717) is 25.6 Å². The molecule has 5 rings (SSSR count). The number of nitrogens with zero attached hydrogens (tertiary/aromatic N) is 3. The van der Waals surface area contributed by atoms with Crippen LogP contribution in [0.25, 0.3) is 10.9 Å². The van der Waals surface area contributed by atoms with Crippen LogP contribution in [0.3, 0.4) is 0 Å². The molecule has 2 fully saturated rings. The van der Waals surface area contributed by atoms with Gasteiger partial charge >= 0.3 is 0 Å². The lowest BCUT2D eigenvalue weighted by atomic mass is 9.84. The van der Waals surface area contributed by atoms with Gasteiger partial charge in [0.2, 0.25) is 5.88 Å². The molecule has 1 aromatic carbocycles. The molecule has 6 heteroatoms. The Hall–Kier alpha value is -2.86. The zero-order chi connectivity index (χ0) is 19.1. The molecule has 2 saturated heterocycles. The number of hydrogen-bond acceptors (Lipinski definition) is 4. The standard InChI is InChI=1S/C22H23N3O3/c1-24-10-7-16-12-17(5-6-19(16)24)21(26)25-14-22(15-25)13-18(8-11-27-22)28-20-4-2-3-9-23-20/h2-7,9-10,12,18H,8,11,13-15H2,1H3. The van der Waals surface area contributed by atoms with Crippen molar-refractivity contribution < 1.29 is 14.3 Å². The topological polar surface area (TPSA) is 56.6 Å². The summed E-state index contributed by atoms with van der Waals surface area (Å²) >= 11 is 0. The average Bonchev–Trinajstić information content (AvgIpc) is 3.07. The van der Waals surface area contributed by atoms with Crippen molar-refractivity contribution in [3.8, 4) is 5.88 Å². The number of aryl methyl sites for hydroxylation is 1. The number of carbonyl (C=O) groups is 1. The molecule has 2 aromatic heterocycles. The fraction of sp³-hybridized carbons (Fsp3) is 0.364. The number of hydrogen-bond donors (Lipinski definition) is 0. The summed E-state index contributed by atoms with van der Waals surface area (Å²) in [5.74, 6) is 0.709. The van der Waals surface area contributed by atoms with Crippen molar-refractivity contribution >= 4 is 16.8 Å². The Morgan fingerprint density at radius 3 is 2.96 bits per heavy atom. The van der Waals surface area contributed by atoms with Gasteiger partial charge in [-0.2, -0.15) is 0 Å². The van der Waals surface area contributed by atoms with Crippen molar-refractivity contribution in [3.63, 3.8) is 0 Å². The van der Waals surface area contributed by atoms with Crippen LogP contribution in [0.2, 0.25) is 0 Å². The lowest BCUT2D eigenvalue weighted by Crippen LogP contribution is -2.67. The minimum atomic E-state index is -0.287. The third-order valence-corrected chi connectivity index (χ3v) is 5.75. The van der Waals surface area contributed by atoms with E-state index >= 15 is 0 Å². The van der Waals surface area contributed by atoms with Gasteiger partial charge in [-0.15, -0.1) is 0 Å². The molecule has 0 radical (unpaired) electrons. The second-order valence-electron chi connectivity index (χ2n) is 7.79.